The van der Waals surface area contributed by atoms with Gasteiger partial charge < -0.3 is 10.2 Å². The van der Waals surface area contributed by atoms with Crippen LogP contribution in [-0.4, -0.2) is 19.5 Å². The van der Waals surface area contributed by atoms with Gasteiger partial charge >= 0.3 is 0 Å². The molecule has 4 heteroatoms. The first-order valence-electron chi connectivity index (χ1n) is 6.47. The highest BCUT2D eigenvalue weighted by molar-refractivity contribution is 7.18. The highest BCUT2D eigenvalue weighted by Crippen LogP contribution is 2.37. The van der Waals surface area contributed by atoms with Gasteiger partial charge in [-0.3, -0.25) is 4.79 Å². The molecule has 1 amide bonds. The lowest BCUT2D eigenvalue weighted by molar-refractivity contribution is 0.0967. The van der Waals surface area contributed by atoms with Gasteiger partial charge in [0, 0.05) is 19.3 Å². The van der Waals surface area contributed by atoms with Gasteiger partial charge in [-0.25, -0.2) is 0 Å². The molecule has 0 fully saturated rings. The second-order valence-electron chi connectivity index (χ2n) is 4.60. The van der Waals surface area contributed by atoms with Crippen LogP contribution < -0.4 is 10.2 Å². The number of aryl methyl sites for hydroxylation is 1. The molecule has 0 spiro atoms. The summed E-state index contributed by atoms with van der Waals surface area (Å²) in [4.78, 5) is 14.7. The molecular weight excluding hydrogens is 256 g/mol. The van der Waals surface area contributed by atoms with E-state index in [-0.39, 0.29) is 5.91 Å². The quantitative estimate of drug-likeness (QED) is 0.910. The van der Waals surface area contributed by atoms with Crippen molar-refractivity contribution < 1.29 is 4.79 Å². The molecule has 1 aliphatic rings. The molecule has 0 saturated carbocycles. The van der Waals surface area contributed by atoms with Crippen molar-refractivity contribution in [3.05, 3.63) is 46.8 Å². The Kier molecular flexibility index (Phi) is 3.25. The fourth-order valence-electron chi connectivity index (χ4n) is 2.48. The maximum absolute atomic E-state index is 11.6. The number of nitrogens with zero attached hydrogens (tertiary/aromatic N) is 1. The number of anilines is 2. The summed E-state index contributed by atoms with van der Waals surface area (Å²) < 4.78 is 0. The van der Waals surface area contributed by atoms with Crippen LogP contribution in [0.4, 0.5) is 10.7 Å². The van der Waals surface area contributed by atoms with Crippen molar-refractivity contribution >= 4 is 27.9 Å². The molecule has 3 rings (SSSR count). The minimum absolute atomic E-state index is 0.0125. The lowest BCUT2D eigenvalue weighted by Crippen LogP contribution is -2.23. The maximum atomic E-state index is 11.6. The third-order valence-electron chi connectivity index (χ3n) is 3.42. The van der Waals surface area contributed by atoms with Gasteiger partial charge in [0.2, 0.25) is 0 Å². The summed E-state index contributed by atoms with van der Waals surface area (Å²) in [6, 6.07) is 12.5. The van der Waals surface area contributed by atoms with Crippen LogP contribution in [0.1, 0.15) is 21.7 Å². The zero-order chi connectivity index (χ0) is 13.2. The highest BCUT2D eigenvalue weighted by atomic mass is 32.1. The van der Waals surface area contributed by atoms with Crippen LogP contribution in [0, 0.1) is 0 Å². The first-order chi connectivity index (χ1) is 9.29. The number of hydrogen-bond acceptors (Lipinski definition) is 3. The molecule has 0 unspecified atom stereocenters. The molecule has 1 aromatic carbocycles. The number of carbonyl (C=O) groups excluding carboxylic acids is 1. The smallest absolute Gasteiger partial charge is 0.261 e. The van der Waals surface area contributed by atoms with Gasteiger partial charge in [0.1, 0.15) is 0 Å². The number of fused-ring (bicyclic) bond motifs is 1. The molecule has 2 heterocycles. The Hall–Kier alpha value is -1.81. The lowest BCUT2D eigenvalue weighted by atomic mass is 10.0. The second-order valence-corrected chi connectivity index (χ2v) is 5.66. The molecule has 0 aliphatic carbocycles. The normalized spacial score (nSPS) is 14.1. The number of carbonyl (C=O) groups is 1. The van der Waals surface area contributed by atoms with E-state index in [0.717, 1.165) is 29.3 Å². The van der Waals surface area contributed by atoms with E-state index in [9.17, 15) is 4.79 Å². The average molecular weight is 272 g/mol. The Morgan fingerprint density at radius 1 is 1.26 bits per heavy atom. The van der Waals surface area contributed by atoms with E-state index in [1.54, 1.807) is 18.4 Å². The summed E-state index contributed by atoms with van der Waals surface area (Å²) in [6.45, 7) is 1.02. The molecule has 1 aliphatic heterocycles. The summed E-state index contributed by atoms with van der Waals surface area (Å²) >= 11 is 1.55. The van der Waals surface area contributed by atoms with Crippen LogP contribution in [0.2, 0.25) is 0 Å². The zero-order valence-electron chi connectivity index (χ0n) is 10.8. The summed E-state index contributed by atoms with van der Waals surface area (Å²) in [5.74, 6) is -0.0125. The first-order valence-corrected chi connectivity index (χ1v) is 7.28. The van der Waals surface area contributed by atoms with Crippen LogP contribution >= 0.6 is 11.3 Å². The van der Waals surface area contributed by atoms with E-state index in [1.807, 2.05) is 12.1 Å². The number of nitrogens with one attached hydrogen (secondary N) is 1. The van der Waals surface area contributed by atoms with Crippen molar-refractivity contribution in [1.82, 2.24) is 5.32 Å². The molecule has 3 nitrogen and oxygen atoms in total. The van der Waals surface area contributed by atoms with E-state index in [0.29, 0.717) is 0 Å². The van der Waals surface area contributed by atoms with Gasteiger partial charge in [-0.2, -0.15) is 0 Å². The number of para-hydroxylation sites is 1. The van der Waals surface area contributed by atoms with Crippen molar-refractivity contribution in [3.63, 3.8) is 0 Å². The van der Waals surface area contributed by atoms with Crippen molar-refractivity contribution in [1.29, 1.82) is 0 Å². The van der Waals surface area contributed by atoms with Gasteiger partial charge in [0.25, 0.3) is 5.91 Å². The summed E-state index contributed by atoms with van der Waals surface area (Å²) in [5.41, 5.74) is 2.67. The van der Waals surface area contributed by atoms with Gasteiger partial charge in [0.05, 0.1) is 9.88 Å². The Balaban J connectivity index is 1.95. The largest absolute Gasteiger partial charge is 0.354 e. The van der Waals surface area contributed by atoms with Gasteiger partial charge in [-0.1, -0.05) is 18.2 Å². The topological polar surface area (TPSA) is 32.3 Å². The number of benzene rings is 1. The molecule has 1 N–H and O–H groups in total. The zero-order valence-corrected chi connectivity index (χ0v) is 11.7. The molecule has 0 radical (unpaired) electrons. The van der Waals surface area contributed by atoms with E-state index < -0.39 is 0 Å². The molecule has 2 aromatic rings. The minimum Gasteiger partial charge on any atom is -0.354 e. The van der Waals surface area contributed by atoms with Crippen molar-refractivity contribution in [3.8, 4) is 0 Å². The molecule has 98 valence electrons. The summed E-state index contributed by atoms with van der Waals surface area (Å²) in [5, 5.41) is 3.81. The Morgan fingerprint density at radius 2 is 2.11 bits per heavy atom. The molecule has 19 heavy (non-hydrogen) atoms. The highest BCUT2D eigenvalue weighted by Gasteiger charge is 2.19. The Morgan fingerprint density at radius 3 is 2.95 bits per heavy atom. The molecule has 0 saturated heterocycles. The molecule has 1 aromatic heterocycles. The van der Waals surface area contributed by atoms with Crippen molar-refractivity contribution in [2.24, 2.45) is 0 Å². The van der Waals surface area contributed by atoms with Crippen LogP contribution in [-0.2, 0) is 6.42 Å². The molecule has 0 bridgehead atoms. The number of rotatable bonds is 2. The van der Waals surface area contributed by atoms with Gasteiger partial charge in [-0.05, 0) is 36.6 Å². The average Bonchev–Trinajstić information content (AvgIpc) is 2.95. The summed E-state index contributed by atoms with van der Waals surface area (Å²) in [7, 11) is 1.66. The van der Waals surface area contributed by atoms with Gasteiger partial charge in [0.15, 0.2) is 0 Å². The SMILES string of the molecule is CNC(=O)c1ccc(N2CCCc3ccccc32)s1. The predicted molar refractivity (Wildman–Crippen MR) is 79.5 cm³/mol. The lowest BCUT2D eigenvalue weighted by Gasteiger charge is -2.29. The fourth-order valence-corrected chi connectivity index (χ4v) is 3.47. The van der Waals surface area contributed by atoms with Crippen molar-refractivity contribution in [2.75, 3.05) is 18.5 Å². The van der Waals surface area contributed by atoms with E-state index in [2.05, 4.69) is 34.5 Å². The molecular formula is C15H16N2OS. The second kappa shape index (κ2) is 5.05. The van der Waals surface area contributed by atoms with Gasteiger partial charge in [-0.15, -0.1) is 11.3 Å². The van der Waals surface area contributed by atoms with E-state index in [4.69, 9.17) is 0 Å². The number of thiophene rings is 1. The minimum atomic E-state index is -0.0125. The fraction of sp³-hybridized carbons (Fsp3) is 0.267. The van der Waals surface area contributed by atoms with Crippen LogP contribution in [0.15, 0.2) is 36.4 Å². The third-order valence-corrected chi connectivity index (χ3v) is 4.53. The predicted octanol–water partition coefficient (Wildman–Crippen LogP) is 3.19. The monoisotopic (exact) mass is 272 g/mol. The van der Waals surface area contributed by atoms with Crippen LogP contribution in [0.5, 0.6) is 0 Å². The van der Waals surface area contributed by atoms with Crippen LogP contribution in [0.25, 0.3) is 0 Å². The first kappa shape index (κ1) is 12.2. The third kappa shape index (κ3) is 2.24. The number of hydrogen-bond donors (Lipinski definition) is 1. The van der Waals surface area contributed by atoms with E-state index >= 15 is 0 Å². The Labute approximate surface area is 116 Å². The van der Waals surface area contributed by atoms with E-state index in [1.165, 1.54) is 11.3 Å². The van der Waals surface area contributed by atoms with Crippen molar-refractivity contribution in [2.45, 2.75) is 12.8 Å². The van der Waals surface area contributed by atoms with Crippen LogP contribution in [0.3, 0.4) is 0 Å². The number of amides is 1. The maximum Gasteiger partial charge on any atom is 0.261 e. The Bertz CT molecular complexity index is 606. The molecule has 0 atom stereocenters. The summed E-state index contributed by atoms with van der Waals surface area (Å²) in [6.07, 6.45) is 2.30. The standard InChI is InChI=1S/C15H16N2OS/c1-16-15(18)13-8-9-14(19-13)17-10-4-6-11-5-2-3-7-12(11)17/h2-3,5,7-9H,4,6,10H2,1H3,(H,16,18).